The summed E-state index contributed by atoms with van der Waals surface area (Å²) in [4.78, 5) is 13.0. The first-order valence-corrected chi connectivity index (χ1v) is 4.51. The van der Waals surface area contributed by atoms with Gasteiger partial charge in [0.2, 0.25) is 0 Å². The van der Waals surface area contributed by atoms with Crippen LogP contribution in [0.3, 0.4) is 0 Å². The van der Waals surface area contributed by atoms with Crippen molar-refractivity contribution >= 4 is 5.97 Å². The molecule has 1 atom stereocenters. The third kappa shape index (κ3) is 6.54. The van der Waals surface area contributed by atoms with Crippen molar-refractivity contribution in [2.75, 3.05) is 34.3 Å². The Hall–Kier alpha value is -0.610. The number of nitrogens with zero attached hydrogens (tertiary/aromatic N) is 1. The molecular formula is C9H20N2O2. The van der Waals surface area contributed by atoms with Gasteiger partial charge in [0, 0.05) is 6.42 Å². The van der Waals surface area contributed by atoms with Gasteiger partial charge in [0.05, 0.1) is 7.11 Å². The molecule has 0 radical (unpaired) electrons. The number of hydrogen-bond acceptors (Lipinski definition) is 4. The summed E-state index contributed by atoms with van der Waals surface area (Å²) in [5, 5.41) is 0. The van der Waals surface area contributed by atoms with Gasteiger partial charge in [-0.25, -0.2) is 0 Å². The molecule has 0 aliphatic heterocycles. The van der Waals surface area contributed by atoms with Crippen LogP contribution in [0.25, 0.3) is 0 Å². The van der Waals surface area contributed by atoms with Gasteiger partial charge in [0.25, 0.3) is 0 Å². The monoisotopic (exact) mass is 188 g/mol. The van der Waals surface area contributed by atoms with Crippen molar-refractivity contribution in [2.45, 2.75) is 12.8 Å². The zero-order chi connectivity index (χ0) is 10.3. The highest BCUT2D eigenvalue weighted by atomic mass is 16.5. The minimum absolute atomic E-state index is 0.172. The molecule has 0 heterocycles. The van der Waals surface area contributed by atoms with Crippen LogP contribution in [-0.2, 0) is 9.53 Å². The van der Waals surface area contributed by atoms with Crippen LogP contribution in [-0.4, -0.2) is 45.2 Å². The molecule has 0 saturated carbocycles. The van der Waals surface area contributed by atoms with Gasteiger partial charge in [-0.15, -0.1) is 0 Å². The number of methoxy groups -OCH3 is 1. The SMILES string of the molecule is COC(=O)CC(CN)CCN(C)C. The molecule has 4 heteroatoms. The zero-order valence-electron chi connectivity index (χ0n) is 8.75. The van der Waals surface area contributed by atoms with Gasteiger partial charge in [-0.3, -0.25) is 4.79 Å². The van der Waals surface area contributed by atoms with Crippen molar-refractivity contribution in [3.8, 4) is 0 Å². The molecule has 1 unspecified atom stereocenters. The van der Waals surface area contributed by atoms with Crippen molar-refractivity contribution in [2.24, 2.45) is 11.7 Å². The highest BCUT2D eigenvalue weighted by molar-refractivity contribution is 5.69. The van der Waals surface area contributed by atoms with Gasteiger partial charge in [0.1, 0.15) is 0 Å². The van der Waals surface area contributed by atoms with E-state index < -0.39 is 0 Å². The Morgan fingerprint density at radius 3 is 2.54 bits per heavy atom. The standard InChI is InChI=1S/C9H20N2O2/c1-11(2)5-4-8(7-10)6-9(12)13-3/h8H,4-7,10H2,1-3H3. The van der Waals surface area contributed by atoms with E-state index in [9.17, 15) is 4.79 Å². The fourth-order valence-electron chi connectivity index (χ4n) is 1.06. The average Bonchev–Trinajstić information content (AvgIpc) is 2.11. The van der Waals surface area contributed by atoms with Gasteiger partial charge in [-0.05, 0) is 39.5 Å². The molecule has 78 valence electrons. The van der Waals surface area contributed by atoms with Crippen molar-refractivity contribution in [3.63, 3.8) is 0 Å². The third-order valence-corrected chi connectivity index (χ3v) is 2.00. The van der Waals surface area contributed by atoms with Gasteiger partial charge < -0.3 is 15.4 Å². The summed E-state index contributed by atoms with van der Waals surface area (Å²) in [6.07, 6.45) is 1.37. The van der Waals surface area contributed by atoms with E-state index in [-0.39, 0.29) is 11.9 Å². The van der Waals surface area contributed by atoms with Crippen LogP contribution in [0.1, 0.15) is 12.8 Å². The summed E-state index contributed by atoms with van der Waals surface area (Å²) in [7, 11) is 5.42. The van der Waals surface area contributed by atoms with Crippen LogP contribution >= 0.6 is 0 Å². The number of carbonyl (C=O) groups is 1. The summed E-state index contributed by atoms with van der Waals surface area (Å²) < 4.78 is 4.58. The Morgan fingerprint density at radius 2 is 2.15 bits per heavy atom. The second kappa shape index (κ2) is 6.86. The Labute approximate surface area is 80.0 Å². The number of nitrogens with two attached hydrogens (primary N) is 1. The Kier molecular flexibility index (Phi) is 6.54. The second-order valence-electron chi connectivity index (χ2n) is 3.47. The van der Waals surface area contributed by atoms with Crippen LogP contribution in [0.5, 0.6) is 0 Å². The van der Waals surface area contributed by atoms with Crippen molar-refractivity contribution in [1.29, 1.82) is 0 Å². The predicted molar refractivity (Wildman–Crippen MR) is 52.3 cm³/mol. The lowest BCUT2D eigenvalue weighted by Gasteiger charge is -2.16. The smallest absolute Gasteiger partial charge is 0.305 e. The molecule has 0 aliphatic rings. The molecule has 0 fully saturated rings. The minimum Gasteiger partial charge on any atom is -0.469 e. The Balaban J connectivity index is 3.69. The third-order valence-electron chi connectivity index (χ3n) is 2.00. The predicted octanol–water partition coefficient (Wildman–Crippen LogP) is 0.0761. The van der Waals surface area contributed by atoms with Crippen LogP contribution in [0, 0.1) is 5.92 Å². The van der Waals surface area contributed by atoms with E-state index in [1.807, 2.05) is 14.1 Å². The molecule has 0 aliphatic carbocycles. The maximum absolute atomic E-state index is 10.9. The number of hydrogen-bond donors (Lipinski definition) is 1. The minimum atomic E-state index is -0.172. The van der Waals surface area contributed by atoms with Crippen LogP contribution in [0.15, 0.2) is 0 Å². The molecule has 2 N–H and O–H groups in total. The largest absolute Gasteiger partial charge is 0.469 e. The zero-order valence-corrected chi connectivity index (χ0v) is 8.75. The lowest BCUT2D eigenvalue weighted by Crippen LogP contribution is -2.24. The molecule has 0 saturated heterocycles. The van der Waals surface area contributed by atoms with Gasteiger partial charge in [0.15, 0.2) is 0 Å². The molecule has 0 aromatic rings. The van der Waals surface area contributed by atoms with Gasteiger partial charge >= 0.3 is 5.97 Å². The summed E-state index contributed by atoms with van der Waals surface area (Å²) >= 11 is 0. The van der Waals surface area contributed by atoms with E-state index in [1.165, 1.54) is 7.11 Å². The van der Waals surface area contributed by atoms with Gasteiger partial charge in [-0.2, -0.15) is 0 Å². The molecule has 0 aromatic heterocycles. The quantitative estimate of drug-likeness (QED) is 0.600. The van der Waals surface area contributed by atoms with Crippen molar-refractivity contribution in [1.82, 2.24) is 4.90 Å². The van der Waals surface area contributed by atoms with E-state index >= 15 is 0 Å². The highest BCUT2D eigenvalue weighted by Gasteiger charge is 2.12. The van der Waals surface area contributed by atoms with E-state index in [0.717, 1.165) is 13.0 Å². The number of carbonyl (C=O) groups excluding carboxylic acids is 1. The van der Waals surface area contributed by atoms with E-state index in [1.54, 1.807) is 0 Å². The summed E-state index contributed by atoms with van der Waals surface area (Å²) in [6, 6.07) is 0. The van der Waals surface area contributed by atoms with Crippen LogP contribution in [0.4, 0.5) is 0 Å². The van der Waals surface area contributed by atoms with Crippen LogP contribution in [0.2, 0.25) is 0 Å². The fraction of sp³-hybridized carbons (Fsp3) is 0.889. The van der Waals surface area contributed by atoms with E-state index in [0.29, 0.717) is 13.0 Å². The van der Waals surface area contributed by atoms with Gasteiger partial charge in [-0.1, -0.05) is 0 Å². The highest BCUT2D eigenvalue weighted by Crippen LogP contribution is 2.07. The maximum Gasteiger partial charge on any atom is 0.305 e. The Morgan fingerprint density at radius 1 is 1.54 bits per heavy atom. The molecular weight excluding hydrogens is 168 g/mol. The number of esters is 1. The summed E-state index contributed by atoms with van der Waals surface area (Å²) in [6.45, 7) is 1.50. The Bertz CT molecular complexity index is 149. The molecule has 0 aromatic carbocycles. The van der Waals surface area contributed by atoms with Crippen LogP contribution < -0.4 is 5.73 Å². The number of rotatable bonds is 6. The first-order chi connectivity index (χ1) is 6.10. The summed E-state index contributed by atoms with van der Waals surface area (Å²) in [5.41, 5.74) is 5.54. The number of ether oxygens (including phenoxy) is 1. The molecule has 0 amide bonds. The van der Waals surface area contributed by atoms with E-state index in [4.69, 9.17) is 5.73 Å². The first-order valence-electron chi connectivity index (χ1n) is 4.51. The molecule has 4 nitrogen and oxygen atoms in total. The van der Waals surface area contributed by atoms with E-state index in [2.05, 4.69) is 9.64 Å². The lowest BCUT2D eigenvalue weighted by molar-refractivity contribution is -0.141. The normalized spacial score (nSPS) is 13.0. The van der Waals surface area contributed by atoms with Crippen molar-refractivity contribution < 1.29 is 9.53 Å². The molecule has 0 spiro atoms. The van der Waals surface area contributed by atoms with Crippen molar-refractivity contribution in [3.05, 3.63) is 0 Å². The second-order valence-corrected chi connectivity index (χ2v) is 3.47. The first kappa shape index (κ1) is 12.4. The average molecular weight is 188 g/mol. The molecule has 0 bridgehead atoms. The lowest BCUT2D eigenvalue weighted by atomic mass is 10.0. The fourth-order valence-corrected chi connectivity index (χ4v) is 1.06. The topological polar surface area (TPSA) is 55.6 Å². The summed E-state index contributed by atoms with van der Waals surface area (Å²) in [5.74, 6) is 0.0732. The maximum atomic E-state index is 10.9. The molecule has 0 rings (SSSR count). The molecule has 13 heavy (non-hydrogen) atoms.